The minimum Gasteiger partial charge on any atom is -0.272 e. The molecule has 0 aromatic carbocycles. The van der Waals surface area contributed by atoms with Gasteiger partial charge in [-0.15, -0.1) is 0 Å². The smallest absolute Gasteiger partial charge is 0.247 e. The molecule has 1 amide bonds. The molecule has 0 rings (SSSR count). The quantitative estimate of drug-likeness (QED) is 0.527. The van der Waals surface area contributed by atoms with Crippen LogP contribution in [-0.2, 0) is 4.79 Å². The molecular weight excluding hydrogens is 138 g/mol. The molecule has 0 aromatic rings. The van der Waals surface area contributed by atoms with E-state index < -0.39 is 0 Å². The van der Waals surface area contributed by atoms with Gasteiger partial charge >= 0.3 is 0 Å². The van der Waals surface area contributed by atoms with Gasteiger partial charge in [0.25, 0.3) is 0 Å². The second-order valence-electron chi connectivity index (χ2n) is 4.84. The van der Waals surface area contributed by atoms with E-state index in [2.05, 4.69) is 5.32 Å². The zero-order valence-corrected chi connectivity index (χ0v) is 8.36. The summed E-state index contributed by atoms with van der Waals surface area (Å²) in [6.07, 6.45) is 0. The summed E-state index contributed by atoms with van der Waals surface area (Å²) in [4.78, 5) is 11.3. The van der Waals surface area contributed by atoms with E-state index in [1.165, 1.54) is 0 Å². The maximum atomic E-state index is 11.3. The Balaban J connectivity index is 4.11. The second kappa shape index (κ2) is 2.84. The molecule has 0 fully saturated rings. The van der Waals surface area contributed by atoms with E-state index in [1.54, 1.807) is 0 Å². The molecule has 1 radical (unpaired) electrons. The molecule has 0 atom stereocenters. The highest BCUT2D eigenvalue weighted by Gasteiger charge is 2.26. The number of rotatable bonds is 0. The van der Waals surface area contributed by atoms with Crippen LogP contribution in [0.15, 0.2) is 0 Å². The standard InChI is InChI=1S/C9H18NO/c1-8(2,3)7(11)10-9(4,5)6/h1-6H3. The van der Waals surface area contributed by atoms with Gasteiger partial charge in [-0.3, -0.25) is 4.79 Å². The Hall–Kier alpha value is -0.530. The number of hydrogen-bond acceptors (Lipinski definition) is 1. The lowest BCUT2D eigenvalue weighted by atomic mass is 9.94. The maximum absolute atomic E-state index is 11.3. The molecule has 0 aliphatic rings. The molecule has 0 spiro atoms. The fraction of sp³-hybridized carbons (Fsp3) is 0.889. The lowest BCUT2D eigenvalue weighted by Crippen LogP contribution is -2.40. The Morgan fingerprint density at radius 2 is 1.36 bits per heavy atom. The summed E-state index contributed by atoms with van der Waals surface area (Å²) in [6, 6.07) is 0. The van der Waals surface area contributed by atoms with Crippen molar-refractivity contribution in [3.05, 3.63) is 0 Å². The summed E-state index contributed by atoms with van der Waals surface area (Å²) >= 11 is 0. The third kappa shape index (κ3) is 4.82. The summed E-state index contributed by atoms with van der Waals surface area (Å²) in [5.74, 6) is -0.0231. The highest BCUT2D eigenvalue weighted by Crippen LogP contribution is 2.16. The molecule has 65 valence electrons. The van der Waals surface area contributed by atoms with E-state index >= 15 is 0 Å². The van der Waals surface area contributed by atoms with Crippen molar-refractivity contribution in [1.29, 1.82) is 0 Å². The van der Waals surface area contributed by atoms with Gasteiger partial charge in [0.15, 0.2) is 0 Å². The number of hydrogen-bond donors (Lipinski definition) is 0. The van der Waals surface area contributed by atoms with Crippen LogP contribution in [0.4, 0.5) is 0 Å². The largest absolute Gasteiger partial charge is 0.272 e. The van der Waals surface area contributed by atoms with Crippen LogP contribution in [0, 0.1) is 5.41 Å². The van der Waals surface area contributed by atoms with Crippen LogP contribution < -0.4 is 5.32 Å². The van der Waals surface area contributed by atoms with Crippen LogP contribution in [0.1, 0.15) is 41.5 Å². The van der Waals surface area contributed by atoms with Crippen molar-refractivity contribution in [3.8, 4) is 0 Å². The van der Waals surface area contributed by atoms with Crippen LogP contribution in [0.5, 0.6) is 0 Å². The van der Waals surface area contributed by atoms with E-state index in [-0.39, 0.29) is 16.9 Å². The Labute approximate surface area is 69.4 Å². The normalized spacial score (nSPS) is 12.9. The third-order valence-corrected chi connectivity index (χ3v) is 1.08. The third-order valence-electron chi connectivity index (χ3n) is 1.08. The second-order valence-corrected chi connectivity index (χ2v) is 4.84. The van der Waals surface area contributed by atoms with Crippen LogP contribution in [0.25, 0.3) is 0 Å². The fourth-order valence-corrected chi connectivity index (χ4v) is 0.472. The highest BCUT2D eigenvalue weighted by atomic mass is 16.2. The summed E-state index contributed by atoms with van der Waals surface area (Å²) in [6.45, 7) is 11.4. The van der Waals surface area contributed by atoms with Gasteiger partial charge in [-0.1, -0.05) is 20.8 Å². The topological polar surface area (TPSA) is 31.2 Å². The van der Waals surface area contributed by atoms with Crippen LogP contribution in [0.3, 0.4) is 0 Å². The Kier molecular flexibility index (Phi) is 2.70. The summed E-state index contributed by atoms with van der Waals surface area (Å²) in [5.41, 5.74) is -0.586. The molecule has 11 heavy (non-hydrogen) atoms. The van der Waals surface area contributed by atoms with Crippen molar-refractivity contribution in [1.82, 2.24) is 5.32 Å². The summed E-state index contributed by atoms with van der Waals surface area (Å²) in [5, 5.41) is 4.04. The van der Waals surface area contributed by atoms with Gasteiger partial charge in [0, 0.05) is 5.41 Å². The van der Waals surface area contributed by atoms with Gasteiger partial charge in [-0.25, -0.2) is 5.32 Å². The first-order valence-electron chi connectivity index (χ1n) is 3.90. The zero-order chi connectivity index (χ0) is 9.28. The Morgan fingerprint density at radius 3 is 1.45 bits per heavy atom. The minimum atomic E-state index is -0.340. The van der Waals surface area contributed by atoms with Crippen molar-refractivity contribution in [2.75, 3.05) is 0 Å². The van der Waals surface area contributed by atoms with Gasteiger partial charge in [0.2, 0.25) is 5.91 Å². The molecule has 0 aliphatic heterocycles. The average molecular weight is 156 g/mol. The highest BCUT2D eigenvalue weighted by molar-refractivity contribution is 5.81. The fourth-order valence-electron chi connectivity index (χ4n) is 0.472. The molecule has 2 heteroatoms. The van der Waals surface area contributed by atoms with Crippen LogP contribution in [-0.4, -0.2) is 11.4 Å². The van der Waals surface area contributed by atoms with Crippen LogP contribution in [0.2, 0.25) is 0 Å². The number of amides is 1. The number of nitrogens with zero attached hydrogens (tertiary/aromatic N) is 1. The Bertz CT molecular complexity index is 148. The van der Waals surface area contributed by atoms with Crippen molar-refractivity contribution >= 4 is 5.91 Å². The predicted molar refractivity (Wildman–Crippen MR) is 46.3 cm³/mol. The lowest BCUT2D eigenvalue weighted by Gasteiger charge is -2.23. The van der Waals surface area contributed by atoms with E-state index in [0.29, 0.717) is 0 Å². The molecule has 0 unspecified atom stereocenters. The molecule has 0 saturated carbocycles. The van der Waals surface area contributed by atoms with E-state index in [9.17, 15) is 4.79 Å². The van der Waals surface area contributed by atoms with E-state index in [4.69, 9.17) is 0 Å². The number of carbonyl (C=O) groups excluding carboxylic acids is 1. The number of carbonyl (C=O) groups is 1. The molecule has 0 bridgehead atoms. The first-order chi connectivity index (χ1) is 4.63. The maximum Gasteiger partial charge on any atom is 0.247 e. The van der Waals surface area contributed by atoms with Crippen molar-refractivity contribution in [2.24, 2.45) is 5.41 Å². The van der Waals surface area contributed by atoms with Gasteiger partial charge in [-0.2, -0.15) is 0 Å². The molecule has 0 heterocycles. The lowest BCUT2D eigenvalue weighted by molar-refractivity contribution is -0.130. The zero-order valence-electron chi connectivity index (χ0n) is 8.36. The van der Waals surface area contributed by atoms with Crippen molar-refractivity contribution in [3.63, 3.8) is 0 Å². The van der Waals surface area contributed by atoms with Crippen molar-refractivity contribution < 1.29 is 4.79 Å². The SMILES string of the molecule is CC(C)(C)[N]C(=O)C(C)(C)C. The van der Waals surface area contributed by atoms with Gasteiger partial charge < -0.3 is 0 Å². The molecule has 2 nitrogen and oxygen atoms in total. The van der Waals surface area contributed by atoms with Crippen molar-refractivity contribution in [2.45, 2.75) is 47.1 Å². The first-order valence-corrected chi connectivity index (χ1v) is 3.90. The summed E-state index contributed by atoms with van der Waals surface area (Å²) < 4.78 is 0. The first kappa shape index (κ1) is 10.5. The summed E-state index contributed by atoms with van der Waals surface area (Å²) in [7, 11) is 0. The average Bonchev–Trinajstić information content (AvgIpc) is 1.56. The van der Waals surface area contributed by atoms with Gasteiger partial charge in [0.05, 0.1) is 5.54 Å². The molecule has 0 N–H and O–H groups in total. The molecule has 0 aromatic heterocycles. The monoisotopic (exact) mass is 156 g/mol. The molecule has 0 saturated heterocycles. The molecule has 0 aliphatic carbocycles. The van der Waals surface area contributed by atoms with Gasteiger partial charge in [0.1, 0.15) is 0 Å². The minimum absolute atomic E-state index is 0.0231. The molecular formula is C9H18NO. The Morgan fingerprint density at radius 1 is 1.00 bits per heavy atom. The van der Waals surface area contributed by atoms with Crippen LogP contribution >= 0.6 is 0 Å². The predicted octanol–water partition coefficient (Wildman–Crippen LogP) is 1.96. The van der Waals surface area contributed by atoms with E-state index in [0.717, 1.165) is 0 Å². The van der Waals surface area contributed by atoms with Gasteiger partial charge in [-0.05, 0) is 20.8 Å². The van der Waals surface area contributed by atoms with E-state index in [1.807, 2.05) is 41.5 Å².